The zero-order valence-corrected chi connectivity index (χ0v) is 20.3. The van der Waals surface area contributed by atoms with Crippen molar-refractivity contribution in [2.24, 2.45) is 5.92 Å². The summed E-state index contributed by atoms with van der Waals surface area (Å²) in [7, 11) is 6.05. The van der Waals surface area contributed by atoms with Crippen LogP contribution < -0.4 is 10.2 Å². The molecule has 1 aliphatic carbocycles. The Kier molecular flexibility index (Phi) is 7.24. The van der Waals surface area contributed by atoms with Gasteiger partial charge in [0.1, 0.15) is 5.78 Å². The summed E-state index contributed by atoms with van der Waals surface area (Å²) < 4.78 is 0. The molecule has 1 saturated carbocycles. The number of aryl methyl sites for hydroxylation is 1. The molecule has 1 aliphatic rings. The van der Waals surface area contributed by atoms with Crippen LogP contribution in [0.5, 0.6) is 0 Å². The lowest BCUT2D eigenvalue weighted by Gasteiger charge is -2.20. The van der Waals surface area contributed by atoms with Gasteiger partial charge in [-0.15, -0.1) is 0 Å². The van der Waals surface area contributed by atoms with Crippen molar-refractivity contribution in [3.05, 3.63) is 41.6 Å². The average molecular weight is 467 g/mol. The maximum Gasteiger partial charge on any atom is 0.234 e. The van der Waals surface area contributed by atoms with Crippen LogP contribution in [0.4, 0.5) is 17.7 Å². The molecule has 9 nitrogen and oxygen atoms in total. The summed E-state index contributed by atoms with van der Waals surface area (Å²) in [4.78, 5) is 31.1. The van der Waals surface area contributed by atoms with Crippen LogP contribution in [-0.2, 0) is 11.2 Å². The minimum absolute atomic E-state index is 0.288. The van der Waals surface area contributed by atoms with E-state index in [4.69, 9.17) is 0 Å². The molecule has 0 radical (unpaired) electrons. The third-order valence-corrected chi connectivity index (χ3v) is 6.19. The number of likely N-dealkylation sites (N-methyl/N-ethyl adjacent to an activating group) is 2. The molecule has 0 unspecified atom stereocenters. The number of Topliss-reactive ketones (excluding diaryl/α,β-unsaturated/α-hetero) is 1. The number of hydrogen-bond donors (Lipinski definition) is 2. The van der Waals surface area contributed by atoms with Crippen LogP contribution in [0.25, 0.3) is 0 Å². The van der Waals surface area contributed by atoms with Gasteiger partial charge in [-0.2, -0.15) is 20.1 Å². The summed E-state index contributed by atoms with van der Waals surface area (Å²) in [6, 6.07) is 9.96. The lowest BCUT2D eigenvalue weighted by atomic mass is 10.1. The molecule has 0 aliphatic heterocycles. The number of benzene rings is 1. The highest BCUT2D eigenvalue weighted by molar-refractivity contribution is 7.99. The largest absolute Gasteiger partial charge is 0.342 e. The van der Waals surface area contributed by atoms with Gasteiger partial charge in [0, 0.05) is 49.1 Å². The Hall–Kier alpha value is -2.98. The second-order valence-corrected chi connectivity index (χ2v) is 9.73. The van der Waals surface area contributed by atoms with E-state index in [-0.39, 0.29) is 5.92 Å². The highest BCUT2D eigenvalue weighted by Gasteiger charge is 2.29. The van der Waals surface area contributed by atoms with Gasteiger partial charge in [-0.3, -0.25) is 9.89 Å². The molecule has 174 valence electrons. The number of aromatic amines is 1. The Bertz CT molecular complexity index is 1090. The highest BCUT2D eigenvalue weighted by Crippen LogP contribution is 2.32. The van der Waals surface area contributed by atoms with Gasteiger partial charge in [0.05, 0.1) is 0 Å². The molecular formula is C23H30N8OS. The van der Waals surface area contributed by atoms with Gasteiger partial charge in [0.25, 0.3) is 0 Å². The molecule has 1 aromatic carbocycles. The van der Waals surface area contributed by atoms with Crippen molar-refractivity contribution in [2.45, 2.75) is 36.2 Å². The molecule has 33 heavy (non-hydrogen) atoms. The molecule has 2 N–H and O–H groups in total. The summed E-state index contributed by atoms with van der Waals surface area (Å²) in [5.41, 5.74) is 2.00. The Morgan fingerprint density at radius 2 is 1.88 bits per heavy atom. The average Bonchev–Trinajstić information content (AvgIpc) is 3.56. The van der Waals surface area contributed by atoms with Crippen molar-refractivity contribution in [1.82, 2.24) is 30.0 Å². The number of nitrogens with zero attached hydrogens (tertiary/aromatic N) is 6. The van der Waals surface area contributed by atoms with Crippen LogP contribution in [0.1, 0.15) is 24.1 Å². The van der Waals surface area contributed by atoms with Crippen molar-refractivity contribution in [3.8, 4) is 0 Å². The predicted molar refractivity (Wildman–Crippen MR) is 130 cm³/mol. The van der Waals surface area contributed by atoms with Crippen LogP contribution in [0.2, 0.25) is 0 Å². The molecule has 10 heteroatoms. The first kappa shape index (κ1) is 23.2. The van der Waals surface area contributed by atoms with E-state index in [2.05, 4.69) is 35.4 Å². The maximum atomic E-state index is 12.1. The molecular weight excluding hydrogens is 436 g/mol. The zero-order chi connectivity index (χ0) is 23.4. The molecule has 0 spiro atoms. The number of anilines is 3. The number of carbonyl (C=O) groups excluding carboxylic acids is 1. The van der Waals surface area contributed by atoms with Crippen LogP contribution in [-0.4, -0.2) is 70.1 Å². The van der Waals surface area contributed by atoms with Gasteiger partial charge in [-0.05, 0) is 63.3 Å². The fourth-order valence-electron chi connectivity index (χ4n) is 3.20. The van der Waals surface area contributed by atoms with E-state index in [0.717, 1.165) is 42.1 Å². The van der Waals surface area contributed by atoms with Gasteiger partial charge < -0.3 is 15.1 Å². The van der Waals surface area contributed by atoms with Gasteiger partial charge in [-0.1, -0.05) is 12.1 Å². The van der Waals surface area contributed by atoms with Gasteiger partial charge >= 0.3 is 0 Å². The molecule has 2 heterocycles. The summed E-state index contributed by atoms with van der Waals surface area (Å²) in [6.45, 7) is 3.61. The topological polar surface area (TPSA) is 103 Å². The predicted octanol–water partition coefficient (Wildman–Crippen LogP) is 3.32. The van der Waals surface area contributed by atoms with Crippen LogP contribution in [0.3, 0.4) is 0 Å². The molecule has 0 atom stereocenters. The number of ketones is 1. The first-order valence-corrected chi connectivity index (χ1v) is 11.9. The fourth-order valence-corrected chi connectivity index (χ4v) is 3.94. The summed E-state index contributed by atoms with van der Waals surface area (Å²) >= 11 is 1.47. The first-order valence-electron chi connectivity index (χ1n) is 11.1. The van der Waals surface area contributed by atoms with Crippen molar-refractivity contribution in [1.29, 1.82) is 0 Å². The van der Waals surface area contributed by atoms with Crippen LogP contribution in [0, 0.1) is 12.8 Å². The quantitative estimate of drug-likeness (QED) is 0.440. The Morgan fingerprint density at radius 1 is 1.12 bits per heavy atom. The Labute approximate surface area is 198 Å². The number of nitrogens with one attached hydrogen (secondary N) is 2. The lowest BCUT2D eigenvalue weighted by Crippen LogP contribution is -2.30. The van der Waals surface area contributed by atoms with E-state index in [0.29, 0.717) is 35.1 Å². The van der Waals surface area contributed by atoms with Gasteiger partial charge in [-0.25, -0.2) is 0 Å². The normalized spacial score (nSPS) is 13.4. The number of H-pyrrole nitrogens is 1. The second kappa shape index (κ2) is 10.3. The minimum atomic E-state index is 0.288. The van der Waals surface area contributed by atoms with Gasteiger partial charge in [0.2, 0.25) is 11.9 Å². The van der Waals surface area contributed by atoms with E-state index in [9.17, 15) is 4.79 Å². The smallest absolute Gasteiger partial charge is 0.234 e. The number of rotatable bonds is 11. The van der Waals surface area contributed by atoms with E-state index < -0.39 is 0 Å². The monoisotopic (exact) mass is 466 g/mol. The fraction of sp³-hybridized carbons (Fsp3) is 0.435. The summed E-state index contributed by atoms with van der Waals surface area (Å²) in [5.74, 6) is 2.33. The minimum Gasteiger partial charge on any atom is -0.342 e. The standard InChI is InChI=1S/C23H30N8OS/c1-15-13-20(29-28-15)24-21-25-22(31(4)12-11-30(2)3)27-23(26-21)33-18-9-5-16(6-10-18)14-19(32)17-7-8-17/h5-6,9-10,13,17H,7-8,11-12,14H2,1-4H3,(H2,24,25,26,27,28,29). The molecule has 0 bridgehead atoms. The van der Waals surface area contributed by atoms with Gasteiger partial charge in [0.15, 0.2) is 11.0 Å². The third kappa shape index (κ3) is 6.75. The van der Waals surface area contributed by atoms with E-state index in [1.54, 1.807) is 0 Å². The van der Waals surface area contributed by atoms with Crippen molar-refractivity contribution in [2.75, 3.05) is 44.4 Å². The Morgan fingerprint density at radius 3 is 2.52 bits per heavy atom. The summed E-state index contributed by atoms with van der Waals surface area (Å²) in [6.07, 6.45) is 2.61. The molecule has 1 fully saturated rings. The Balaban J connectivity index is 1.51. The molecule has 0 saturated heterocycles. The molecule has 4 rings (SSSR count). The first-order chi connectivity index (χ1) is 15.9. The second-order valence-electron chi connectivity index (χ2n) is 8.69. The van der Waals surface area contributed by atoms with E-state index in [1.807, 2.05) is 63.3 Å². The number of hydrogen-bond acceptors (Lipinski definition) is 9. The van der Waals surface area contributed by atoms with E-state index in [1.165, 1.54) is 11.8 Å². The molecule has 0 amide bonds. The SMILES string of the molecule is Cc1cc(Nc2nc(Sc3ccc(CC(=O)C4CC4)cc3)nc(N(C)CCN(C)C)n2)n[nH]1. The number of aromatic nitrogens is 5. The summed E-state index contributed by atoms with van der Waals surface area (Å²) in [5, 5.41) is 10.9. The maximum absolute atomic E-state index is 12.1. The highest BCUT2D eigenvalue weighted by atomic mass is 32.2. The van der Waals surface area contributed by atoms with Crippen molar-refractivity contribution < 1.29 is 4.79 Å². The molecule has 3 aromatic rings. The van der Waals surface area contributed by atoms with Crippen LogP contribution >= 0.6 is 11.8 Å². The lowest BCUT2D eigenvalue weighted by molar-refractivity contribution is -0.119. The van der Waals surface area contributed by atoms with Crippen LogP contribution in [0.15, 0.2) is 40.4 Å². The molecule has 2 aromatic heterocycles. The van der Waals surface area contributed by atoms with Crippen molar-refractivity contribution >= 4 is 35.3 Å². The number of carbonyl (C=O) groups is 1. The van der Waals surface area contributed by atoms with Crippen molar-refractivity contribution in [3.63, 3.8) is 0 Å². The zero-order valence-electron chi connectivity index (χ0n) is 19.5. The van der Waals surface area contributed by atoms with E-state index >= 15 is 0 Å². The third-order valence-electron chi connectivity index (χ3n) is 5.32.